The molecule has 22 heavy (non-hydrogen) atoms. The zero-order valence-corrected chi connectivity index (χ0v) is 12.3. The van der Waals surface area contributed by atoms with E-state index in [0.717, 1.165) is 36.9 Å². The number of aromatic nitrogens is 2. The van der Waals surface area contributed by atoms with E-state index >= 15 is 0 Å². The summed E-state index contributed by atoms with van der Waals surface area (Å²) < 4.78 is 38.8. The molecule has 4 nitrogen and oxygen atoms in total. The number of nitrogens with one attached hydrogen (secondary N) is 1. The summed E-state index contributed by atoms with van der Waals surface area (Å²) in [4.78, 5) is 11.5. The smallest absolute Gasteiger partial charge is 0.347 e. The summed E-state index contributed by atoms with van der Waals surface area (Å²) in [5.74, 6) is -0.972. The summed E-state index contributed by atoms with van der Waals surface area (Å²) in [6.07, 6.45) is 3.12. The minimum absolute atomic E-state index is 0.388. The number of halogens is 3. The van der Waals surface area contributed by atoms with E-state index < -0.39 is 18.5 Å². The topological polar surface area (TPSA) is 46.9 Å². The van der Waals surface area contributed by atoms with Crippen molar-refractivity contribution in [3.8, 4) is 0 Å². The summed E-state index contributed by atoms with van der Waals surface area (Å²) in [5, 5.41) is 7.09. The van der Waals surface area contributed by atoms with E-state index in [1.54, 1.807) is 0 Å². The Balaban J connectivity index is 1.72. The Morgan fingerprint density at radius 1 is 1.27 bits per heavy atom. The van der Waals surface area contributed by atoms with Gasteiger partial charge in [0.05, 0.1) is 17.8 Å². The molecular weight excluding hydrogens is 295 g/mol. The van der Waals surface area contributed by atoms with Gasteiger partial charge in [-0.15, -0.1) is 0 Å². The lowest BCUT2D eigenvalue weighted by atomic mass is 9.93. The molecule has 0 unspecified atom stereocenters. The molecule has 1 N–H and O–H groups in total. The van der Waals surface area contributed by atoms with Crippen LogP contribution < -0.4 is 5.32 Å². The number of fused-ring (bicyclic) bond motifs is 1. The molecule has 1 amide bonds. The van der Waals surface area contributed by atoms with Gasteiger partial charge >= 0.3 is 6.18 Å². The van der Waals surface area contributed by atoms with Crippen LogP contribution in [0.1, 0.15) is 68.3 Å². The molecule has 2 aliphatic carbocycles. The van der Waals surface area contributed by atoms with Crippen molar-refractivity contribution in [1.82, 2.24) is 15.1 Å². The minimum Gasteiger partial charge on any atom is -0.347 e. The van der Waals surface area contributed by atoms with Gasteiger partial charge in [-0.05, 0) is 37.7 Å². The number of aryl methyl sites for hydroxylation is 1. The van der Waals surface area contributed by atoms with Gasteiger partial charge in [0.25, 0.3) is 0 Å². The quantitative estimate of drug-likeness (QED) is 0.929. The van der Waals surface area contributed by atoms with E-state index in [1.165, 1.54) is 12.8 Å². The van der Waals surface area contributed by atoms with Gasteiger partial charge in [0.15, 0.2) is 0 Å². The summed E-state index contributed by atoms with van der Waals surface area (Å²) in [6, 6.07) is 0.0124. The van der Waals surface area contributed by atoms with Crippen LogP contribution in [0.3, 0.4) is 0 Å². The Labute approximate surface area is 127 Å². The predicted octanol–water partition coefficient (Wildman–Crippen LogP) is 3.44. The second-order valence-electron chi connectivity index (χ2n) is 6.26. The van der Waals surface area contributed by atoms with Gasteiger partial charge in [-0.3, -0.25) is 9.48 Å². The molecule has 0 aliphatic heterocycles. The van der Waals surface area contributed by atoms with Crippen molar-refractivity contribution in [2.75, 3.05) is 0 Å². The Morgan fingerprint density at radius 2 is 2.00 bits per heavy atom. The summed E-state index contributed by atoms with van der Waals surface area (Å²) >= 11 is 0. The molecular formula is C15H20F3N3O. The standard InChI is InChI=1S/C15H20F3N3O/c16-15(17,18)8-13(22)19-12-7-3-4-10-9-21(20-14(10)12)11-5-1-2-6-11/h9,11-12H,1-8H2,(H,19,22)/t12-/m1/s1. The highest BCUT2D eigenvalue weighted by Crippen LogP contribution is 2.34. The lowest BCUT2D eigenvalue weighted by molar-refractivity contribution is -0.154. The average Bonchev–Trinajstić information content (AvgIpc) is 3.05. The number of carbonyl (C=O) groups excluding carboxylic acids is 1. The molecule has 2 aliphatic rings. The van der Waals surface area contributed by atoms with Gasteiger partial charge < -0.3 is 5.32 Å². The Morgan fingerprint density at radius 3 is 2.68 bits per heavy atom. The molecule has 0 saturated heterocycles. The molecule has 0 spiro atoms. The summed E-state index contributed by atoms with van der Waals surface area (Å²) in [7, 11) is 0. The van der Waals surface area contributed by atoms with Gasteiger partial charge in [0.2, 0.25) is 5.91 Å². The van der Waals surface area contributed by atoms with Crippen molar-refractivity contribution in [2.24, 2.45) is 0 Å². The second-order valence-corrected chi connectivity index (χ2v) is 6.26. The van der Waals surface area contributed by atoms with Crippen LogP contribution in [0.2, 0.25) is 0 Å². The van der Waals surface area contributed by atoms with Crippen LogP contribution in [0.4, 0.5) is 13.2 Å². The normalized spacial score (nSPS) is 22.6. The highest BCUT2D eigenvalue weighted by atomic mass is 19.4. The molecule has 0 radical (unpaired) electrons. The maximum Gasteiger partial charge on any atom is 0.397 e. The fourth-order valence-corrected chi connectivity index (χ4v) is 3.49. The van der Waals surface area contributed by atoms with Crippen molar-refractivity contribution in [2.45, 2.75) is 69.6 Å². The number of carbonyl (C=O) groups is 1. The van der Waals surface area contributed by atoms with Crippen LogP contribution in [0.15, 0.2) is 6.20 Å². The van der Waals surface area contributed by atoms with Crippen LogP contribution in [0.25, 0.3) is 0 Å². The monoisotopic (exact) mass is 315 g/mol. The van der Waals surface area contributed by atoms with Gasteiger partial charge in [0.1, 0.15) is 6.42 Å². The highest BCUT2D eigenvalue weighted by Gasteiger charge is 2.34. The molecule has 1 saturated carbocycles. The average molecular weight is 315 g/mol. The lowest BCUT2D eigenvalue weighted by Gasteiger charge is -2.22. The molecule has 7 heteroatoms. The summed E-state index contributed by atoms with van der Waals surface area (Å²) in [6.45, 7) is 0. The Hall–Kier alpha value is -1.53. The molecule has 1 fully saturated rings. The molecule has 1 atom stereocenters. The fourth-order valence-electron chi connectivity index (χ4n) is 3.49. The van der Waals surface area contributed by atoms with Crippen molar-refractivity contribution in [3.05, 3.63) is 17.5 Å². The molecule has 0 bridgehead atoms. The predicted molar refractivity (Wildman–Crippen MR) is 74.2 cm³/mol. The minimum atomic E-state index is -4.47. The number of alkyl halides is 3. The van der Waals surface area contributed by atoms with Crippen molar-refractivity contribution in [1.29, 1.82) is 0 Å². The van der Waals surface area contributed by atoms with Crippen LogP contribution >= 0.6 is 0 Å². The van der Waals surface area contributed by atoms with Gasteiger partial charge in [-0.25, -0.2) is 0 Å². The van der Waals surface area contributed by atoms with Gasteiger partial charge in [0, 0.05) is 6.20 Å². The lowest BCUT2D eigenvalue weighted by Crippen LogP contribution is -2.34. The molecule has 122 valence electrons. The SMILES string of the molecule is O=C(CC(F)(F)F)N[C@@H]1CCCc2cn(C3CCCC3)nc21. The van der Waals surface area contributed by atoms with E-state index in [-0.39, 0.29) is 6.04 Å². The maximum atomic E-state index is 12.3. The zero-order chi connectivity index (χ0) is 15.7. The van der Waals surface area contributed by atoms with Crippen LogP contribution in [0, 0.1) is 0 Å². The van der Waals surface area contributed by atoms with E-state index in [4.69, 9.17) is 0 Å². The van der Waals surface area contributed by atoms with Crippen molar-refractivity contribution in [3.63, 3.8) is 0 Å². The first-order valence-electron chi connectivity index (χ1n) is 7.86. The van der Waals surface area contributed by atoms with Crippen LogP contribution in [0.5, 0.6) is 0 Å². The first-order valence-corrected chi connectivity index (χ1v) is 7.86. The molecule has 3 rings (SSSR count). The van der Waals surface area contributed by atoms with Crippen molar-refractivity contribution >= 4 is 5.91 Å². The molecule has 1 aromatic heterocycles. The highest BCUT2D eigenvalue weighted by molar-refractivity contribution is 5.77. The third-order valence-electron chi connectivity index (χ3n) is 4.50. The number of hydrogen-bond acceptors (Lipinski definition) is 2. The second kappa shape index (κ2) is 5.93. The van der Waals surface area contributed by atoms with Gasteiger partial charge in [-0.2, -0.15) is 18.3 Å². The third kappa shape index (κ3) is 3.44. The fraction of sp³-hybridized carbons (Fsp3) is 0.733. The first-order chi connectivity index (χ1) is 10.4. The van der Waals surface area contributed by atoms with Crippen molar-refractivity contribution < 1.29 is 18.0 Å². The van der Waals surface area contributed by atoms with E-state index in [9.17, 15) is 18.0 Å². The Bertz CT molecular complexity index is 547. The largest absolute Gasteiger partial charge is 0.397 e. The Kier molecular flexibility index (Phi) is 4.14. The first kappa shape index (κ1) is 15.4. The van der Waals surface area contributed by atoms with Crippen LogP contribution in [-0.2, 0) is 11.2 Å². The number of hydrogen-bond donors (Lipinski definition) is 1. The maximum absolute atomic E-state index is 12.3. The number of nitrogens with zero attached hydrogens (tertiary/aromatic N) is 2. The zero-order valence-electron chi connectivity index (χ0n) is 12.3. The number of amides is 1. The van der Waals surface area contributed by atoms with E-state index in [1.807, 2.05) is 10.9 Å². The summed E-state index contributed by atoms with van der Waals surface area (Å²) in [5.41, 5.74) is 1.82. The van der Waals surface area contributed by atoms with E-state index in [0.29, 0.717) is 12.5 Å². The van der Waals surface area contributed by atoms with E-state index in [2.05, 4.69) is 10.4 Å². The third-order valence-corrected chi connectivity index (χ3v) is 4.50. The van der Waals surface area contributed by atoms with Gasteiger partial charge in [-0.1, -0.05) is 12.8 Å². The van der Waals surface area contributed by atoms with Crippen LogP contribution in [-0.4, -0.2) is 21.9 Å². The molecule has 0 aromatic carbocycles. The number of rotatable bonds is 3. The molecule has 1 aromatic rings. The molecule has 1 heterocycles.